The first-order valence-corrected chi connectivity index (χ1v) is 10.0. The van der Waals surface area contributed by atoms with E-state index in [-0.39, 0.29) is 0 Å². The summed E-state index contributed by atoms with van der Waals surface area (Å²) in [5.74, 6) is 0.596. The zero-order valence-corrected chi connectivity index (χ0v) is 16.3. The van der Waals surface area contributed by atoms with Crippen LogP contribution in [0.4, 0.5) is 0 Å². The monoisotopic (exact) mass is 339 g/mol. The van der Waals surface area contributed by atoms with Gasteiger partial charge in [0.2, 0.25) is 0 Å². The summed E-state index contributed by atoms with van der Waals surface area (Å²) in [6, 6.07) is 10.8. The molecule has 1 rings (SSSR count). The van der Waals surface area contributed by atoms with Crippen LogP contribution in [0, 0.1) is 5.92 Å². The molecule has 0 saturated heterocycles. The lowest BCUT2D eigenvalue weighted by molar-refractivity contribution is 0.680. The van der Waals surface area contributed by atoms with E-state index in [0.717, 1.165) is 19.4 Å². The third-order valence-corrected chi connectivity index (χ3v) is 4.34. The summed E-state index contributed by atoms with van der Waals surface area (Å²) in [7, 11) is 0. The van der Waals surface area contributed by atoms with Gasteiger partial charge in [-0.1, -0.05) is 74.6 Å². The maximum absolute atomic E-state index is 4.04. The van der Waals surface area contributed by atoms with Crippen molar-refractivity contribution in [2.24, 2.45) is 5.92 Å². The standard InChI is InChI=1S/C24H37N/c1-4-15-23(17-10-6-9-16-22(3)25-5-2)18-11-7-12-19-24-20-13-8-14-21-24/h8,10-11,13-14,17-18,20-21,23,25H,3-7,9,12,15-16,19H2,1-2H3/b17-10-,18-11+. The molecule has 0 heterocycles. The van der Waals surface area contributed by atoms with Crippen molar-refractivity contribution in [3.8, 4) is 0 Å². The molecule has 1 aromatic rings. The van der Waals surface area contributed by atoms with Crippen molar-refractivity contribution in [2.45, 2.75) is 65.2 Å². The summed E-state index contributed by atoms with van der Waals surface area (Å²) >= 11 is 0. The smallest absolute Gasteiger partial charge is 0.0115 e. The molecule has 1 N–H and O–H groups in total. The summed E-state index contributed by atoms with van der Waals surface area (Å²) in [5.41, 5.74) is 2.61. The number of aryl methyl sites for hydroxylation is 1. The fourth-order valence-electron chi connectivity index (χ4n) is 2.97. The average Bonchev–Trinajstić information content (AvgIpc) is 2.62. The summed E-state index contributed by atoms with van der Waals surface area (Å²) in [6.45, 7) is 9.40. The molecule has 0 radical (unpaired) electrons. The van der Waals surface area contributed by atoms with E-state index in [2.05, 4.69) is 80.4 Å². The highest BCUT2D eigenvalue weighted by atomic mass is 14.9. The Hall–Kier alpha value is -1.76. The Morgan fingerprint density at radius 1 is 1.04 bits per heavy atom. The lowest BCUT2D eigenvalue weighted by Gasteiger charge is -2.07. The van der Waals surface area contributed by atoms with Gasteiger partial charge in [0.05, 0.1) is 0 Å². The number of rotatable bonds is 14. The van der Waals surface area contributed by atoms with Crippen molar-refractivity contribution >= 4 is 0 Å². The number of hydrogen-bond donors (Lipinski definition) is 1. The highest BCUT2D eigenvalue weighted by Gasteiger charge is 1.98. The van der Waals surface area contributed by atoms with Crippen molar-refractivity contribution in [3.63, 3.8) is 0 Å². The van der Waals surface area contributed by atoms with Gasteiger partial charge in [0.25, 0.3) is 0 Å². The third kappa shape index (κ3) is 11.4. The van der Waals surface area contributed by atoms with E-state index in [9.17, 15) is 0 Å². The Morgan fingerprint density at radius 3 is 2.36 bits per heavy atom. The largest absolute Gasteiger partial charge is 0.389 e. The molecule has 1 nitrogen and oxygen atoms in total. The second-order valence-electron chi connectivity index (χ2n) is 6.71. The predicted molar refractivity (Wildman–Crippen MR) is 113 cm³/mol. The van der Waals surface area contributed by atoms with Gasteiger partial charge in [-0.05, 0) is 63.4 Å². The normalized spacial score (nSPS) is 12.7. The fraction of sp³-hybridized carbons (Fsp3) is 0.500. The summed E-state index contributed by atoms with van der Waals surface area (Å²) < 4.78 is 0. The zero-order chi connectivity index (χ0) is 18.2. The number of allylic oxidation sites excluding steroid dienone is 5. The quantitative estimate of drug-likeness (QED) is 0.289. The molecular weight excluding hydrogens is 302 g/mol. The maximum Gasteiger partial charge on any atom is 0.0115 e. The molecule has 1 unspecified atom stereocenters. The zero-order valence-electron chi connectivity index (χ0n) is 16.3. The van der Waals surface area contributed by atoms with Crippen molar-refractivity contribution < 1.29 is 0 Å². The Balaban J connectivity index is 2.23. The predicted octanol–water partition coefficient (Wildman–Crippen LogP) is 6.83. The van der Waals surface area contributed by atoms with Crippen LogP contribution in [0.25, 0.3) is 0 Å². The molecule has 25 heavy (non-hydrogen) atoms. The van der Waals surface area contributed by atoms with E-state index in [4.69, 9.17) is 0 Å². The number of benzene rings is 1. The number of hydrogen-bond acceptors (Lipinski definition) is 1. The molecule has 0 spiro atoms. The van der Waals surface area contributed by atoms with Crippen LogP contribution in [-0.2, 0) is 6.42 Å². The van der Waals surface area contributed by atoms with Crippen LogP contribution in [0.1, 0.15) is 64.4 Å². The minimum Gasteiger partial charge on any atom is -0.389 e. The molecule has 0 bridgehead atoms. The molecule has 0 saturated carbocycles. The van der Waals surface area contributed by atoms with Crippen LogP contribution in [-0.4, -0.2) is 6.54 Å². The molecule has 0 aliphatic heterocycles. The Kier molecular flexibility index (Phi) is 12.4. The first kappa shape index (κ1) is 21.3. The topological polar surface area (TPSA) is 12.0 Å². The molecule has 1 atom stereocenters. The van der Waals surface area contributed by atoms with Gasteiger partial charge in [-0.3, -0.25) is 0 Å². The van der Waals surface area contributed by atoms with Crippen molar-refractivity contribution in [2.75, 3.05) is 6.54 Å². The van der Waals surface area contributed by atoms with Gasteiger partial charge < -0.3 is 5.32 Å². The third-order valence-electron chi connectivity index (χ3n) is 4.34. The lowest BCUT2D eigenvalue weighted by Crippen LogP contribution is -2.10. The van der Waals surface area contributed by atoms with Gasteiger partial charge in [0, 0.05) is 12.2 Å². The number of nitrogens with one attached hydrogen (secondary N) is 1. The minimum atomic E-state index is 0.596. The summed E-state index contributed by atoms with van der Waals surface area (Å²) in [5, 5.41) is 3.29. The van der Waals surface area contributed by atoms with E-state index < -0.39 is 0 Å². The van der Waals surface area contributed by atoms with Crippen LogP contribution in [0.15, 0.2) is 66.9 Å². The molecule has 138 valence electrons. The molecule has 0 amide bonds. The SMILES string of the molecule is C=C(CCC/C=C\C(/C=C/CCCc1ccccc1)CCC)NCC. The summed E-state index contributed by atoms with van der Waals surface area (Å²) in [6.07, 6.45) is 19.0. The average molecular weight is 340 g/mol. The number of unbranched alkanes of at least 4 members (excludes halogenated alkanes) is 2. The highest BCUT2D eigenvalue weighted by molar-refractivity contribution is 5.14. The van der Waals surface area contributed by atoms with E-state index in [1.807, 2.05) is 0 Å². The van der Waals surface area contributed by atoms with Gasteiger partial charge >= 0.3 is 0 Å². The van der Waals surface area contributed by atoms with Gasteiger partial charge in [-0.25, -0.2) is 0 Å². The van der Waals surface area contributed by atoms with Crippen molar-refractivity contribution in [3.05, 3.63) is 72.5 Å². The minimum absolute atomic E-state index is 0.596. The van der Waals surface area contributed by atoms with Crippen LogP contribution >= 0.6 is 0 Å². The Morgan fingerprint density at radius 2 is 1.72 bits per heavy atom. The first-order chi connectivity index (χ1) is 12.3. The molecule has 0 aliphatic carbocycles. The second-order valence-corrected chi connectivity index (χ2v) is 6.71. The maximum atomic E-state index is 4.04. The molecular formula is C24H37N. The highest BCUT2D eigenvalue weighted by Crippen LogP contribution is 2.13. The Labute approximate surface area is 155 Å². The van der Waals surface area contributed by atoms with Crippen LogP contribution in [0.3, 0.4) is 0 Å². The molecule has 0 aliphatic rings. The van der Waals surface area contributed by atoms with Gasteiger partial charge in [0.15, 0.2) is 0 Å². The van der Waals surface area contributed by atoms with Crippen LogP contribution in [0.5, 0.6) is 0 Å². The van der Waals surface area contributed by atoms with Crippen LogP contribution in [0.2, 0.25) is 0 Å². The van der Waals surface area contributed by atoms with Crippen LogP contribution < -0.4 is 5.32 Å². The Bertz CT molecular complexity index is 498. The first-order valence-electron chi connectivity index (χ1n) is 10.0. The van der Waals surface area contributed by atoms with E-state index in [1.165, 1.54) is 49.8 Å². The van der Waals surface area contributed by atoms with Gasteiger partial charge in [-0.2, -0.15) is 0 Å². The molecule has 0 fully saturated rings. The molecule has 1 heteroatoms. The molecule has 1 aromatic carbocycles. The van der Waals surface area contributed by atoms with E-state index >= 15 is 0 Å². The summed E-state index contributed by atoms with van der Waals surface area (Å²) in [4.78, 5) is 0. The van der Waals surface area contributed by atoms with Crippen molar-refractivity contribution in [1.29, 1.82) is 0 Å². The van der Waals surface area contributed by atoms with Gasteiger partial charge in [-0.15, -0.1) is 0 Å². The fourth-order valence-corrected chi connectivity index (χ4v) is 2.97. The van der Waals surface area contributed by atoms with E-state index in [1.54, 1.807) is 0 Å². The van der Waals surface area contributed by atoms with Crippen molar-refractivity contribution in [1.82, 2.24) is 5.32 Å². The second kappa shape index (κ2) is 14.6. The van der Waals surface area contributed by atoms with Gasteiger partial charge in [0.1, 0.15) is 0 Å². The lowest BCUT2D eigenvalue weighted by atomic mass is 10.0. The molecule has 0 aromatic heterocycles. The van der Waals surface area contributed by atoms with E-state index in [0.29, 0.717) is 5.92 Å².